The number of fused-ring (bicyclic) bond motifs is 1. The van der Waals surface area contributed by atoms with E-state index in [0.717, 1.165) is 12.0 Å². The highest BCUT2D eigenvalue weighted by Crippen LogP contribution is 2.30. The molecule has 2 aliphatic heterocycles. The Morgan fingerprint density at radius 3 is 2.41 bits per heavy atom. The van der Waals surface area contributed by atoms with E-state index < -0.39 is 12.2 Å². The van der Waals surface area contributed by atoms with E-state index in [-0.39, 0.29) is 30.3 Å². The summed E-state index contributed by atoms with van der Waals surface area (Å²) in [5.41, 5.74) is 1.01. The lowest BCUT2D eigenvalue weighted by molar-refractivity contribution is -0.192. The maximum Gasteiger partial charge on any atom is 0.334 e. The van der Waals surface area contributed by atoms with Gasteiger partial charge in [0, 0.05) is 19.6 Å². The SMILES string of the molecule is CCN1CC(=O)N2[C@@H](C(C)C)C(=O)N(CCC(C)C)C[C@@H]2N1C(=O)NCc1ccccc1. The summed E-state index contributed by atoms with van der Waals surface area (Å²) in [5.74, 6) is 0.307. The molecule has 3 rings (SSSR count). The van der Waals surface area contributed by atoms with Crippen LogP contribution in [-0.4, -0.2) is 76.0 Å². The zero-order valence-corrected chi connectivity index (χ0v) is 20.0. The Morgan fingerprint density at radius 2 is 1.81 bits per heavy atom. The van der Waals surface area contributed by atoms with Gasteiger partial charge in [-0.3, -0.25) is 9.59 Å². The van der Waals surface area contributed by atoms with E-state index in [0.29, 0.717) is 32.1 Å². The van der Waals surface area contributed by atoms with Crippen molar-refractivity contribution in [2.75, 3.05) is 26.2 Å². The van der Waals surface area contributed by atoms with Crippen LogP contribution in [0.5, 0.6) is 0 Å². The fourth-order valence-electron chi connectivity index (χ4n) is 4.49. The van der Waals surface area contributed by atoms with E-state index in [4.69, 9.17) is 0 Å². The summed E-state index contributed by atoms with van der Waals surface area (Å²) in [7, 11) is 0. The molecule has 4 amide bonds. The molecule has 2 heterocycles. The number of hydrazine groups is 1. The van der Waals surface area contributed by atoms with Crippen LogP contribution in [0, 0.1) is 11.8 Å². The van der Waals surface area contributed by atoms with Crippen molar-refractivity contribution in [3.63, 3.8) is 0 Å². The summed E-state index contributed by atoms with van der Waals surface area (Å²) >= 11 is 0. The van der Waals surface area contributed by atoms with Crippen molar-refractivity contribution in [2.45, 2.75) is 59.8 Å². The number of rotatable bonds is 7. The molecule has 0 radical (unpaired) electrons. The highest BCUT2D eigenvalue weighted by Gasteiger charge is 2.51. The standard InChI is InChI=1S/C24H37N5O3/c1-6-27-16-21(30)28-20(29(27)24(32)25-14-19-10-8-7-9-11-19)15-26(13-12-17(2)3)23(31)22(28)18(4)5/h7-11,17-18,20,22H,6,12-16H2,1-5H3,(H,25,32)/t20-,22-/m0/s1. The molecule has 2 aliphatic rings. The highest BCUT2D eigenvalue weighted by molar-refractivity contribution is 5.91. The monoisotopic (exact) mass is 443 g/mol. The second kappa shape index (κ2) is 10.3. The van der Waals surface area contributed by atoms with Gasteiger partial charge in [0.05, 0.1) is 13.1 Å². The Balaban J connectivity index is 1.88. The molecule has 1 N–H and O–H groups in total. The van der Waals surface area contributed by atoms with Gasteiger partial charge in [0.25, 0.3) is 0 Å². The van der Waals surface area contributed by atoms with E-state index in [9.17, 15) is 14.4 Å². The van der Waals surface area contributed by atoms with Crippen LogP contribution in [-0.2, 0) is 16.1 Å². The number of piperazine rings is 1. The summed E-state index contributed by atoms with van der Waals surface area (Å²) in [6.07, 6.45) is 0.374. The van der Waals surface area contributed by atoms with Crippen molar-refractivity contribution in [1.29, 1.82) is 0 Å². The van der Waals surface area contributed by atoms with Gasteiger partial charge in [-0.05, 0) is 23.8 Å². The van der Waals surface area contributed by atoms with Gasteiger partial charge in [0.1, 0.15) is 12.2 Å². The first-order chi connectivity index (χ1) is 15.2. The van der Waals surface area contributed by atoms with Crippen molar-refractivity contribution in [3.8, 4) is 0 Å². The number of amides is 4. The molecule has 2 fully saturated rings. The Labute approximate surface area is 191 Å². The van der Waals surface area contributed by atoms with Crippen LogP contribution in [0.1, 0.15) is 46.6 Å². The first-order valence-corrected chi connectivity index (χ1v) is 11.7. The number of hydrogen-bond donors (Lipinski definition) is 1. The number of likely N-dealkylation sites (N-methyl/N-ethyl adjacent to an activating group) is 1. The molecule has 0 bridgehead atoms. The second-order valence-corrected chi connectivity index (χ2v) is 9.41. The lowest BCUT2D eigenvalue weighted by Crippen LogP contribution is -2.77. The minimum atomic E-state index is -0.558. The number of nitrogens with zero attached hydrogens (tertiary/aromatic N) is 4. The van der Waals surface area contributed by atoms with E-state index in [1.54, 1.807) is 14.9 Å². The minimum absolute atomic E-state index is 0.0140. The first kappa shape index (κ1) is 24.0. The molecule has 32 heavy (non-hydrogen) atoms. The molecule has 0 unspecified atom stereocenters. The van der Waals surface area contributed by atoms with Crippen LogP contribution in [0.4, 0.5) is 4.79 Å². The fraction of sp³-hybridized carbons (Fsp3) is 0.625. The van der Waals surface area contributed by atoms with Crippen LogP contribution in [0.3, 0.4) is 0 Å². The van der Waals surface area contributed by atoms with Gasteiger partial charge < -0.3 is 15.1 Å². The third-order valence-corrected chi connectivity index (χ3v) is 6.23. The molecule has 176 valence electrons. The van der Waals surface area contributed by atoms with Gasteiger partial charge in [-0.2, -0.15) is 0 Å². The third-order valence-electron chi connectivity index (χ3n) is 6.23. The normalized spacial score (nSPS) is 22.0. The molecule has 0 saturated carbocycles. The molecular weight excluding hydrogens is 406 g/mol. The number of nitrogens with one attached hydrogen (secondary N) is 1. The zero-order valence-electron chi connectivity index (χ0n) is 20.0. The molecule has 0 spiro atoms. The highest BCUT2D eigenvalue weighted by atomic mass is 16.2. The predicted molar refractivity (Wildman–Crippen MR) is 123 cm³/mol. The number of hydrogen-bond acceptors (Lipinski definition) is 4. The summed E-state index contributed by atoms with van der Waals surface area (Å²) in [5, 5.41) is 6.46. The van der Waals surface area contributed by atoms with Crippen molar-refractivity contribution < 1.29 is 14.4 Å². The average molecular weight is 444 g/mol. The molecular formula is C24H37N5O3. The molecule has 1 aromatic rings. The van der Waals surface area contributed by atoms with Gasteiger partial charge in [-0.1, -0.05) is 65.0 Å². The van der Waals surface area contributed by atoms with Crippen molar-refractivity contribution >= 4 is 17.8 Å². The Hall–Kier alpha value is -2.61. The van der Waals surface area contributed by atoms with Gasteiger partial charge in [-0.15, -0.1) is 0 Å². The van der Waals surface area contributed by atoms with Crippen molar-refractivity contribution in [1.82, 2.24) is 25.1 Å². The van der Waals surface area contributed by atoms with Crippen LogP contribution >= 0.6 is 0 Å². The predicted octanol–water partition coefficient (Wildman–Crippen LogP) is 2.52. The van der Waals surface area contributed by atoms with Gasteiger partial charge in [-0.25, -0.2) is 14.8 Å². The Kier molecular flexibility index (Phi) is 7.77. The largest absolute Gasteiger partial charge is 0.337 e. The Morgan fingerprint density at radius 1 is 1.12 bits per heavy atom. The Bertz CT molecular complexity index is 813. The van der Waals surface area contributed by atoms with E-state index in [2.05, 4.69) is 19.2 Å². The number of urea groups is 1. The van der Waals surface area contributed by atoms with Crippen LogP contribution in [0.25, 0.3) is 0 Å². The summed E-state index contributed by atoms with van der Waals surface area (Å²) in [6, 6.07) is 8.93. The molecule has 1 aromatic carbocycles. The minimum Gasteiger partial charge on any atom is -0.337 e. The van der Waals surface area contributed by atoms with Gasteiger partial charge >= 0.3 is 6.03 Å². The molecule has 0 aliphatic carbocycles. The maximum absolute atomic E-state index is 13.4. The van der Waals surface area contributed by atoms with Crippen LogP contribution in [0.2, 0.25) is 0 Å². The smallest absolute Gasteiger partial charge is 0.334 e. The average Bonchev–Trinajstić information content (AvgIpc) is 2.76. The summed E-state index contributed by atoms with van der Waals surface area (Å²) in [6.45, 7) is 12.1. The van der Waals surface area contributed by atoms with Crippen molar-refractivity contribution in [2.24, 2.45) is 11.8 Å². The molecule has 2 saturated heterocycles. The number of benzene rings is 1. The van der Waals surface area contributed by atoms with E-state index >= 15 is 0 Å². The first-order valence-electron chi connectivity index (χ1n) is 11.7. The lowest BCUT2D eigenvalue weighted by Gasteiger charge is -2.55. The number of carbonyl (C=O) groups is 3. The van der Waals surface area contributed by atoms with Gasteiger partial charge in [0.2, 0.25) is 11.8 Å². The van der Waals surface area contributed by atoms with Crippen LogP contribution in [0.15, 0.2) is 30.3 Å². The van der Waals surface area contributed by atoms with Crippen molar-refractivity contribution in [3.05, 3.63) is 35.9 Å². The number of carbonyl (C=O) groups excluding carboxylic acids is 3. The lowest BCUT2D eigenvalue weighted by atomic mass is 9.95. The molecule has 8 heteroatoms. The molecule has 8 nitrogen and oxygen atoms in total. The summed E-state index contributed by atoms with van der Waals surface area (Å²) in [4.78, 5) is 43.3. The topological polar surface area (TPSA) is 76.2 Å². The maximum atomic E-state index is 13.4. The van der Waals surface area contributed by atoms with Gasteiger partial charge in [0.15, 0.2) is 0 Å². The molecule has 2 atom stereocenters. The zero-order chi connectivity index (χ0) is 23.4. The quantitative estimate of drug-likeness (QED) is 0.703. The third kappa shape index (κ3) is 5.06. The van der Waals surface area contributed by atoms with E-state index in [1.165, 1.54) is 0 Å². The summed E-state index contributed by atoms with van der Waals surface area (Å²) < 4.78 is 0. The fourth-order valence-corrected chi connectivity index (χ4v) is 4.49. The van der Waals surface area contributed by atoms with E-state index in [1.807, 2.05) is 56.0 Å². The molecule has 0 aromatic heterocycles. The second-order valence-electron chi connectivity index (χ2n) is 9.41. The van der Waals surface area contributed by atoms with Crippen LogP contribution < -0.4 is 5.32 Å².